The third-order valence-corrected chi connectivity index (χ3v) is 3.62. The molecule has 0 bridgehead atoms. The van der Waals surface area contributed by atoms with Crippen molar-refractivity contribution in [3.63, 3.8) is 0 Å². The summed E-state index contributed by atoms with van der Waals surface area (Å²) < 4.78 is 13.2. The van der Waals surface area contributed by atoms with Crippen molar-refractivity contribution in [3.05, 3.63) is 58.9 Å². The number of carbonyl (C=O) groups is 1. The van der Waals surface area contributed by atoms with Crippen molar-refractivity contribution in [2.75, 3.05) is 5.32 Å². The van der Waals surface area contributed by atoms with Gasteiger partial charge in [0.2, 0.25) is 0 Å². The van der Waals surface area contributed by atoms with Crippen LogP contribution in [0.2, 0.25) is 5.02 Å². The van der Waals surface area contributed by atoms with Gasteiger partial charge in [-0.1, -0.05) is 29.8 Å². The molecule has 0 aliphatic carbocycles. The third-order valence-electron chi connectivity index (χ3n) is 3.33. The van der Waals surface area contributed by atoms with E-state index in [9.17, 15) is 14.3 Å². The van der Waals surface area contributed by atoms with Gasteiger partial charge in [-0.2, -0.15) is 0 Å². The molecule has 5 heteroatoms. The summed E-state index contributed by atoms with van der Waals surface area (Å²) in [4.78, 5) is 11.4. The number of hydrogen-bond acceptors (Lipinski definition) is 2. The van der Waals surface area contributed by atoms with Crippen LogP contribution >= 0.6 is 11.6 Å². The van der Waals surface area contributed by atoms with Gasteiger partial charge in [-0.3, -0.25) is 4.79 Å². The second kappa shape index (κ2) is 5.74. The minimum Gasteiger partial charge on any atom is -0.481 e. The smallest absolute Gasteiger partial charge is 0.313 e. The first-order valence-corrected chi connectivity index (χ1v) is 6.75. The van der Waals surface area contributed by atoms with Crippen molar-refractivity contribution in [2.24, 2.45) is 0 Å². The molecule has 2 aromatic rings. The summed E-state index contributed by atoms with van der Waals surface area (Å²) in [6.45, 7) is 3.26. The summed E-state index contributed by atoms with van der Waals surface area (Å²) in [6.07, 6.45) is 0. The molecule has 0 fully saturated rings. The van der Waals surface area contributed by atoms with E-state index in [2.05, 4.69) is 5.32 Å². The van der Waals surface area contributed by atoms with Gasteiger partial charge in [-0.15, -0.1) is 0 Å². The van der Waals surface area contributed by atoms with Gasteiger partial charge in [0.25, 0.3) is 0 Å². The summed E-state index contributed by atoms with van der Waals surface area (Å²) in [5.74, 6) is -1.42. The highest BCUT2D eigenvalue weighted by atomic mass is 35.5. The molecular formula is C16H15ClFNO2. The number of nitrogens with one attached hydrogen (secondary N) is 1. The van der Waals surface area contributed by atoms with Crippen molar-refractivity contribution in [1.82, 2.24) is 0 Å². The Bertz CT molecular complexity index is 686. The monoisotopic (exact) mass is 307 g/mol. The van der Waals surface area contributed by atoms with Crippen LogP contribution in [0.25, 0.3) is 0 Å². The van der Waals surface area contributed by atoms with Gasteiger partial charge in [-0.05, 0) is 43.7 Å². The fraction of sp³-hybridized carbons (Fsp3) is 0.188. The van der Waals surface area contributed by atoms with E-state index < -0.39 is 17.2 Å². The Kier molecular flexibility index (Phi) is 4.19. The molecule has 0 atom stereocenters. The normalized spacial score (nSPS) is 11.2. The first-order valence-electron chi connectivity index (χ1n) is 6.37. The second-order valence-corrected chi connectivity index (χ2v) is 5.64. The molecule has 0 aliphatic heterocycles. The van der Waals surface area contributed by atoms with E-state index in [1.807, 2.05) is 0 Å². The van der Waals surface area contributed by atoms with E-state index >= 15 is 0 Å². The first kappa shape index (κ1) is 15.3. The van der Waals surface area contributed by atoms with Gasteiger partial charge in [0.1, 0.15) is 5.82 Å². The average Bonchev–Trinajstić information content (AvgIpc) is 2.43. The predicted molar refractivity (Wildman–Crippen MR) is 81.8 cm³/mol. The molecular weight excluding hydrogens is 293 g/mol. The van der Waals surface area contributed by atoms with Gasteiger partial charge in [0, 0.05) is 11.4 Å². The lowest BCUT2D eigenvalue weighted by Crippen LogP contribution is -2.29. The summed E-state index contributed by atoms with van der Waals surface area (Å²) in [6, 6.07) is 11.4. The summed E-state index contributed by atoms with van der Waals surface area (Å²) >= 11 is 5.75. The maximum absolute atomic E-state index is 13.2. The lowest BCUT2D eigenvalue weighted by Gasteiger charge is -2.23. The molecule has 0 saturated heterocycles. The van der Waals surface area contributed by atoms with Crippen LogP contribution in [0.4, 0.5) is 15.8 Å². The van der Waals surface area contributed by atoms with E-state index in [0.29, 0.717) is 16.9 Å². The Morgan fingerprint density at radius 2 is 1.90 bits per heavy atom. The number of halogens is 2. The SMILES string of the molecule is CC(C)(C(=O)O)c1ccccc1Nc1ccc(F)c(Cl)c1. The fourth-order valence-corrected chi connectivity index (χ4v) is 2.16. The van der Waals surface area contributed by atoms with E-state index in [4.69, 9.17) is 11.6 Å². The quantitative estimate of drug-likeness (QED) is 0.869. The molecule has 0 heterocycles. The Hall–Kier alpha value is -2.07. The number of aliphatic carboxylic acids is 1. The standard InChI is InChI=1S/C16H15ClFNO2/c1-16(2,15(20)21)11-5-3-4-6-14(11)19-10-7-8-13(18)12(17)9-10/h3-9,19H,1-2H3,(H,20,21). The van der Waals surface area contributed by atoms with Gasteiger partial charge >= 0.3 is 5.97 Å². The lowest BCUT2D eigenvalue weighted by molar-refractivity contribution is -0.142. The summed E-state index contributed by atoms with van der Waals surface area (Å²) in [7, 11) is 0. The molecule has 0 unspecified atom stereocenters. The van der Waals surface area contributed by atoms with Crippen LogP contribution in [0.3, 0.4) is 0 Å². The average molecular weight is 308 g/mol. The number of para-hydroxylation sites is 1. The first-order chi connectivity index (χ1) is 9.82. The minimum atomic E-state index is -1.05. The highest BCUT2D eigenvalue weighted by Crippen LogP contribution is 2.32. The number of benzene rings is 2. The van der Waals surface area contributed by atoms with E-state index in [0.717, 1.165) is 0 Å². The Labute approximate surface area is 127 Å². The number of carboxylic acid groups (broad SMARTS) is 1. The molecule has 0 aromatic heterocycles. The number of carboxylic acids is 1. The number of anilines is 2. The molecule has 21 heavy (non-hydrogen) atoms. The molecule has 0 radical (unpaired) electrons. The van der Waals surface area contributed by atoms with Crippen LogP contribution < -0.4 is 5.32 Å². The van der Waals surface area contributed by atoms with E-state index in [1.165, 1.54) is 12.1 Å². The van der Waals surface area contributed by atoms with Crippen LogP contribution in [0.5, 0.6) is 0 Å². The molecule has 2 rings (SSSR count). The van der Waals surface area contributed by atoms with Gasteiger partial charge in [0.05, 0.1) is 10.4 Å². The van der Waals surface area contributed by atoms with Gasteiger partial charge in [0.15, 0.2) is 0 Å². The summed E-state index contributed by atoms with van der Waals surface area (Å²) in [5.41, 5.74) is 0.827. The Balaban J connectivity index is 2.41. The second-order valence-electron chi connectivity index (χ2n) is 5.23. The number of rotatable bonds is 4. The van der Waals surface area contributed by atoms with Crippen LogP contribution in [0.1, 0.15) is 19.4 Å². The largest absolute Gasteiger partial charge is 0.481 e. The highest BCUT2D eigenvalue weighted by molar-refractivity contribution is 6.31. The maximum Gasteiger partial charge on any atom is 0.313 e. The van der Waals surface area contributed by atoms with E-state index in [-0.39, 0.29) is 5.02 Å². The topological polar surface area (TPSA) is 49.3 Å². The molecule has 2 aromatic carbocycles. The molecule has 0 aliphatic rings. The molecule has 0 amide bonds. The van der Waals surface area contributed by atoms with Crippen LogP contribution in [-0.4, -0.2) is 11.1 Å². The summed E-state index contributed by atoms with van der Waals surface area (Å²) in [5, 5.41) is 12.5. The van der Waals surface area contributed by atoms with E-state index in [1.54, 1.807) is 44.2 Å². The zero-order chi connectivity index (χ0) is 15.6. The third kappa shape index (κ3) is 3.16. The van der Waals surface area contributed by atoms with Crippen LogP contribution in [-0.2, 0) is 10.2 Å². The molecule has 2 N–H and O–H groups in total. The Morgan fingerprint density at radius 1 is 1.24 bits per heavy atom. The predicted octanol–water partition coefficient (Wildman–Crippen LogP) is 4.58. The van der Waals surface area contributed by atoms with Gasteiger partial charge < -0.3 is 10.4 Å². The lowest BCUT2D eigenvalue weighted by atomic mass is 9.83. The minimum absolute atomic E-state index is 0.00924. The fourth-order valence-electron chi connectivity index (χ4n) is 1.98. The maximum atomic E-state index is 13.2. The van der Waals surface area contributed by atoms with Crippen LogP contribution in [0.15, 0.2) is 42.5 Å². The van der Waals surface area contributed by atoms with Crippen molar-refractivity contribution < 1.29 is 14.3 Å². The van der Waals surface area contributed by atoms with Crippen LogP contribution in [0, 0.1) is 5.82 Å². The van der Waals surface area contributed by atoms with Crippen molar-refractivity contribution >= 4 is 28.9 Å². The highest BCUT2D eigenvalue weighted by Gasteiger charge is 2.31. The molecule has 110 valence electrons. The molecule has 0 saturated carbocycles. The van der Waals surface area contributed by atoms with Gasteiger partial charge in [-0.25, -0.2) is 4.39 Å². The molecule has 3 nitrogen and oxygen atoms in total. The van der Waals surface area contributed by atoms with Crippen molar-refractivity contribution in [2.45, 2.75) is 19.3 Å². The van der Waals surface area contributed by atoms with Crippen molar-refractivity contribution in [3.8, 4) is 0 Å². The molecule has 0 spiro atoms. The number of hydrogen-bond donors (Lipinski definition) is 2. The van der Waals surface area contributed by atoms with Crippen molar-refractivity contribution in [1.29, 1.82) is 0 Å². The zero-order valence-electron chi connectivity index (χ0n) is 11.7. The Morgan fingerprint density at radius 3 is 2.52 bits per heavy atom. The zero-order valence-corrected chi connectivity index (χ0v) is 12.4.